The minimum atomic E-state index is -0.704. The maximum Gasteiger partial charge on any atom is 0.315 e. The van der Waals surface area contributed by atoms with Crippen LogP contribution >= 0.6 is 0 Å². The zero-order chi connectivity index (χ0) is 16.9. The van der Waals surface area contributed by atoms with Gasteiger partial charge in [-0.2, -0.15) is 0 Å². The van der Waals surface area contributed by atoms with Crippen molar-refractivity contribution < 1.29 is 18.7 Å². The van der Waals surface area contributed by atoms with Gasteiger partial charge in [0.05, 0.1) is 12.1 Å². The smallest absolute Gasteiger partial charge is 0.315 e. The molecule has 0 aliphatic heterocycles. The summed E-state index contributed by atoms with van der Waals surface area (Å²) >= 11 is 0. The summed E-state index contributed by atoms with van der Waals surface area (Å²) in [5.41, 5.74) is -0.249. The fourth-order valence-electron chi connectivity index (χ4n) is 1.89. The molecular weight excluding hydrogens is 290 g/mol. The van der Waals surface area contributed by atoms with Crippen LogP contribution in [0.3, 0.4) is 0 Å². The molecule has 0 heterocycles. The summed E-state index contributed by atoms with van der Waals surface area (Å²) in [4.78, 5) is 11.9. The zero-order valence-corrected chi connectivity index (χ0v) is 13.4. The Morgan fingerprint density at radius 2 is 1.95 bits per heavy atom. The molecular formula is C16H24F2N2O2. The van der Waals surface area contributed by atoms with Crippen molar-refractivity contribution in [2.75, 3.05) is 6.54 Å². The maximum absolute atomic E-state index is 13.7. The molecule has 0 fully saturated rings. The molecule has 1 aromatic rings. The van der Waals surface area contributed by atoms with Crippen LogP contribution in [0.15, 0.2) is 18.2 Å². The molecule has 3 N–H and O–H groups in total. The van der Waals surface area contributed by atoms with E-state index in [2.05, 4.69) is 10.6 Å². The average molecular weight is 314 g/mol. The molecule has 0 aliphatic rings. The molecule has 0 aromatic heterocycles. The predicted octanol–water partition coefficient (Wildman–Crippen LogP) is 3.12. The molecule has 0 radical (unpaired) electrons. The second-order valence-corrected chi connectivity index (χ2v) is 6.36. The molecule has 22 heavy (non-hydrogen) atoms. The lowest BCUT2D eigenvalue weighted by atomic mass is 9.89. The normalized spacial score (nSPS) is 14.3. The van der Waals surface area contributed by atoms with Crippen LogP contribution < -0.4 is 10.6 Å². The third-order valence-electron chi connectivity index (χ3n) is 3.50. The lowest BCUT2D eigenvalue weighted by Crippen LogP contribution is -2.44. The van der Waals surface area contributed by atoms with Gasteiger partial charge < -0.3 is 15.7 Å². The number of aliphatic hydroxyl groups excluding tert-OH is 1. The van der Waals surface area contributed by atoms with Crippen molar-refractivity contribution in [1.29, 1.82) is 0 Å². The van der Waals surface area contributed by atoms with E-state index < -0.39 is 29.8 Å². The molecule has 2 amide bonds. The first-order valence-electron chi connectivity index (χ1n) is 7.32. The Bertz CT molecular complexity index is 515. The number of benzene rings is 1. The minimum absolute atomic E-state index is 0.0808. The van der Waals surface area contributed by atoms with Crippen molar-refractivity contribution >= 4 is 6.03 Å². The van der Waals surface area contributed by atoms with Crippen molar-refractivity contribution in [3.63, 3.8) is 0 Å². The number of carbonyl (C=O) groups excluding carboxylic acids is 1. The number of hydrogen-bond donors (Lipinski definition) is 3. The predicted molar refractivity (Wildman–Crippen MR) is 81.4 cm³/mol. The van der Waals surface area contributed by atoms with Gasteiger partial charge in [0.15, 0.2) is 0 Å². The van der Waals surface area contributed by atoms with Gasteiger partial charge >= 0.3 is 6.03 Å². The van der Waals surface area contributed by atoms with E-state index in [0.29, 0.717) is 6.42 Å². The number of carbonyl (C=O) groups is 1. The lowest BCUT2D eigenvalue weighted by molar-refractivity contribution is 0.0649. The number of amides is 2. The van der Waals surface area contributed by atoms with Crippen molar-refractivity contribution in [3.8, 4) is 0 Å². The van der Waals surface area contributed by atoms with E-state index in [0.717, 1.165) is 18.2 Å². The highest BCUT2D eigenvalue weighted by molar-refractivity contribution is 5.74. The Balaban J connectivity index is 2.66. The van der Waals surface area contributed by atoms with Gasteiger partial charge in [0.2, 0.25) is 0 Å². The Labute approximate surface area is 129 Å². The van der Waals surface area contributed by atoms with Gasteiger partial charge in [-0.3, -0.25) is 0 Å². The average Bonchev–Trinajstić information content (AvgIpc) is 2.43. The van der Waals surface area contributed by atoms with Gasteiger partial charge in [-0.1, -0.05) is 27.7 Å². The van der Waals surface area contributed by atoms with Crippen LogP contribution in [-0.2, 0) is 0 Å². The minimum Gasteiger partial charge on any atom is -0.391 e. The largest absolute Gasteiger partial charge is 0.391 e. The first-order valence-corrected chi connectivity index (χ1v) is 7.32. The van der Waals surface area contributed by atoms with E-state index in [1.54, 1.807) is 6.92 Å². The second kappa shape index (κ2) is 7.54. The zero-order valence-electron chi connectivity index (χ0n) is 13.4. The molecule has 124 valence electrons. The van der Waals surface area contributed by atoms with Gasteiger partial charge in [0, 0.05) is 12.1 Å². The van der Waals surface area contributed by atoms with Crippen molar-refractivity contribution in [2.24, 2.45) is 5.41 Å². The Morgan fingerprint density at radius 3 is 2.50 bits per heavy atom. The standard InChI is InChI=1S/C16H24F2N2O2/c1-5-13(11-8-10(17)6-7-12(11)18)20-15(22)19-9-14(21)16(2,3)4/h6-8,13-14,21H,5,9H2,1-4H3,(H2,19,20,22). The molecule has 0 saturated carbocycles. The Kier molecular flexibility index (Phi) is 6.29. The Morgan fingerprint density at radius 1 is 1.32 bits per heavy atom. The van der Waals surface area contributed by atoms with E-state index in [1.165, 1.54) is 0 Å². The molecule has 0 spiro atoms. The van der Waals surface area contributed by atoms with Crippen LogP contribution in [0.4, 0.5) is 13.6 Å². The van der Waals surface area contributed by atoms with E-state index in [1.807, 2.05) is 20.8 Å². The first kappa shape index (κ1) is 18.4. The summed E-state index contributed by atoms with van der Waals surface area (Å²) in [6.45, 7) is 7.41. The summed E-state index contributed by atoms with van der Waals surface area (Å²) in [7, 11) is 0. The van der Waals surface area contributed by atoms with Crippen LogP contribution in [0.1, 0.15) is 45.7 Å². The van der Waals surface area contributed by atoms with Gasteiger partial charge in [0.1, 0.15) is 11.6 Å². The van der Waals surface area contributed by atoms with Crippen LogP contribution in [0.2, 0.25) is 0 Å². The summed E-state index contributed by atoms with van der Waals surface area (Å²) < 4.78 is 27.0. The fraction of sp³-hybridized carbons (Fsp3) is 0.562. The SMILES string of the molecule is CCC(NC(=O)NCC(O)C(C)(C)C)c1cc(F)ccc1F. The second-order valence-electron chi connectivity index (χ2n) is 6.36. The third kappa shape index (κ3) is 5.26. The topological polar surface area (TPSA) is 61.4 Å². The lowest BCUT2D eigenvalue weighted by Gasteiger charge is -2.26. The summed E-state index contributed by atoms with van der Waals surface area (Å²) in [6, 6.07) is 1.98. The highest BCUT2D eigenvalue weighted by atomic mass is 19.1. The van der Waals surface area contributed by atoms with E-state index in [-0.39, 0.29) is 17.5 Å². The summed E-state index contributed by atoms with van der Waals surface area (Å²) in [6.07, 6.45) is -0.292. The van der Waals surface area contributed by atoms with Crippen molar-refractivity contribution in [1.82, 2.24) is 10.6 Å². The molecule has 1 aromatic carbocycles. The Hall–Kier alpha value is -1.69. The molecule has 0 bridgehead atoms. The van der Waals surface area contributed by atoms with Crippen LogP contribution in [0, 0.1) is 17.0 Å². The van der Waals surface area contributed by atoms with Gasteiger partial charge in [0.25, 0.3) is 0 Å². The van der Waals surface area contributed by atoms with Crippen molar-refractivity contribution in [2.45, 2.75) is 46.3 Å². The molecule has 2 atom stereocenters. The van der Waals surface area contributed by atoms with Crippen LogP contribution in [-0.4, -0.2) is 23.8 Å². The maximum atomic E-state index is 13.7. The molecule has 0 saturated heterocycles. The molecule has 1 rings (SSSR count). The fourth-order valence-corrected chi connectivity index (χ4v) is 1.89. The monoisotopic (exact) mass is 314 g/mol. The highest BCUT2D eigenvalue weighted by Crippen LogP contribution is 2.21. The van der Waals surface area contributed by atoms with Gasteiger partial charge in [-0.25, -0.2) is 13.6 Å². The number of nitrogens with one attached hydrogen (secondary N) is 2. The molecule has 6 heteroatoms. The summed E-state index contributed by atoms with van der Waals surface area (Å²) in [5.74, 6) is -1.12. The number of halogens is 2. The number of hydrogen-bond acceptors (Lipinski definition) is 2. The van der Waals surface area contributed by atoms with Crippen LogP contribution in [0.5, 0.6) is 0 Å². The quantitative estimate of drug-likeness (QED) is 0.782. The van der Waals surface area contributed by atoms with Crippen molar-refractivity contribution in [3.05, 3.63) is 35.4 Å². The van der Waals surface area contributed by atoms with E-state index in [4.69, 9.17) is 0 Å². The van der Waals surface area contributed by atoms with E-state index in [9.17, 15) is 18.7 Å². The number of urea groups is 1. The van der Waals surface area contributed by atoms with Gasteiger partial charge in [-0.05, 0) is 30.0 Å². The highest BCUT2D eigenvalue weighted by Gasteiger charge is 2.23. The first-order chi connectivity index (χ1) is 10.1. The molecule has 2 unspecified atom stereocenters. The summed E-state index contributed by atoms with van der Waals surface area (Å²) in [5, 5.41) is 15.0. The van der Waals surface area contributed by atoms with E-state index >= 15 is 0 Å². The van der Waals surface area contributed by atoms with Crippen LogP contribution in [0.25, 0.3) is 0 Å². The third-order valence-corrected chi connectivity index (χ3v) is 3.50. The number of rotatable bonds is 5. The number of aliphatic hydroxyl groups is 1. The van der Waals surface area contributed by atoms with Gasteiger partial charge in [-0.15, -0.1) is 0 Å². The molecule has 0 aliphatic carbocycles. The molecule has 4 nitrogen and oxygen atoms in total.